The van der Waals surface area contributed by atoms with Gasteiger partial charge < -0.3 is 10.6 Å². The Morgan fingerprint density at radius 3 is 2.42 bits per heavy atom. The van der Waals surface area contributed by atoms with Gasteiger partial charge in [0.05, 0.1) is 11.4 Å². The second-order valence-corrected chi connectivity index (χ2v) is 9.66. The van der Waals surface area contributed by atoms with Gasteiger partial charge in [-0.15, -0.1) is 24.0 Å². The highest BCUT2D eigenvalue weighted by molar-refractivity contribution is 14.0. The fourth-order valence-corrected chi connectivity index (χ4v) is 4.78. The van der Waals surface area contributed by atoms with E-state index in [9.17, 15) is 8.42 Å². The summed E-state index contributed by atoms with van der Waals surface area (Å²) in [4.78, 5) is 4.27. The molecule has 0 amide bonds. The molecule has 1 unspecified atom stereocenters. The van der Waals surface area contributed by atoms with E-state index in [-0.39, 0.29) is 41.2 Å². The number of aliphatic imine (C=N–C) groups is 1. The Kier molecular flexibility index (Phi) is 7.94. The molecule has 0 saturated heterocycles. The van der Waals surface area contributed by atoms with Crippen LogP contribution in [0.4, 0.5) is 0 Å². The Morgan fingerprint density at radius 2 is 2.00 bits per heavy atom. The molecule has 2 N–H and O–H groups in total. The van der Waals surface area contributed by atoms with Gasteiger partial charge in [0.1, 0.15) is 9.84 Å². The van der Waals surface area contributed by atoms with E-state index < -0.39 is 9.84 Å². The van der Waals surface area contributed by atoms with Crippen molar-refractivity contribution in [1.82, 2.24) is 20.4 Å². The minimum absolute atomic E-state index is 0. The Morgan fingerprint density at radius 1 is 1.38 bits per heavy atom. The first-order valence-corrected chi connectivity index (χ1v) is 10.8. The van der Waals surface area contributed by atoms with Gasteiger partial charge in [-0.3, -0.25) is 9.67 Å². The predicted octanol–water partition coefficient (Wildman–Crippen LogP) is 1.58. The highest BCUT2D eigenvalue weighted by Crippen LogP contribution is 2.45. The lowest BCUT2D eigenvalue weighted by atomic mass is 10.1. The monoisotopic (exact) mass is 497 g/mol. The van der Waals surface area contributed by atoms with Crippen molar-refractivity contribution in [3.8, 4) is 0 Å². The minimum Gasteiger partial charge on any atom is -0.356 e. The van der Waals surface area contributed by atoms with Gasteiger partial charge in [-0.05, 0) is 45.6 Å². The normalized spacial score (nSPS) is 17.4. The number of sulfone groups is 1. The molecule has 1 atom stereocenters. The minimum atomic E-state index is -2.95. The van der Waals surface area contributed by atoms with Gasteiger partial charge in [0, 0.05) is 44.0 Å². The van der Waals surface area contributed by atoms with Crippen LogP contribution in [0, 0.1) is 19.3 Å². The molecular formula is C17H32IN5O2S. The highest BCUT2D eigenvalue weighted by Gasteiger charge is 2.45. The number of nitrogens with one attached hydrogen (secondary N) is 2. The van der Waals surface area contributed by atoms with Crippen molar-refractivity contribution in [2.75, 3.05) is 25.6 Å². The lowest BCUT2D eigenvalue weighted by Crippen LogP contribution is -2.45. The quantitative estimate of drug-likeness (QED) is 0.339. The van der Waals surface area contributed by atoms with E-state index >= 15 is 0 Å². The third-order valence-electron chi connectivity index (χ3n) is 4.93. The van der Waals surface area contributed by atoms with Gasteiger partial charge >= 0.3 is 0 Å². The summed E-state index contributed by atoms with van der Waals surface area (Å²) in [5.41, 5.74) is 3.37. The summed E-state index contributed by atoms with van der Waals surface area (Å²) in [5, 5.41) is 11.2. The zero-order valence-electron chi connectivity index (χ0n) is 16.6. The number of guanidine groups is 1. The van der Waals surface area contributed by atoms with Crippen molar-refractivity contribution >= 4 is 39.8 Å². The van der Waals surface area contributed by atoms with Crippen molar-refractivity contribution in [3.05, 3.63) is 17.0 Å². The van der Waals surface area contributed by atoms with E-state index in [2.05, 4.69) is 34.6 Å². The first-order valence-electron chi connectivity index (χ1n) is 8.69. The average molecular weight is 497 g/mol. The maximum atomic E-state index is 11.6. The summed E-state index contributed by atoms with van der Waals surface area (Å²) in [6, 6.07) is 0.192. The van der Waals surface area contributed by atoms with Crippen LogP contribution in [0.15, 0.2) is 4.99 Å². The molecule has 1 saturated carbocycles. The molecule has 1 aliphatic carbocycles. The number of rotatable bonds is 7. The third-order valence-corrected chi connectivity index (χ3v) is 6.07. The fraction of sp³-hybridized carbons (Fsp3) is 0.765. The number of aryl methyl sites for hydroxylation is 2. The van der Waals surface area contributed by atoms with Crippen LogP contribution in [0.3, 0.4) is 0 Å². The zero-order valence-corrected chi connectivity index (χ0v) is 19.7. The Bertz CT molecular complexity index is 753. The largest absolute Gasteiger partial charge is 0.356 e. The summed E-state index contributed by atoms with van der Waals surface area (Å²) >= 11 is 0. The molecule has 1 heterocycles. The lowest BCUT2D eigenvalue weighted by molar-refractivity contribution is 0.525. The van der Waals surface area contributed by atoms with Gasteiger partial charge in [-0.25, -0.2) is 8.42 Å². The maximum Gasteiger partial charge on any atom is 0.191 e. The number of hydrogen-bond donors (Lipinski definition) is 2. The Hall–Kier alpha value is -0.840. The van der Waals surface area contributed by atoms with E-state index in [4.69, 9.17) is 0 Å². The van der Waals surface area contributed by atoms with Gasteiger partial charge in [0.2, 0.25) is 0 Å². The second-order valence-electron chi connectivity index (χ2n) is 7.52. The van der Waals surface area contributed by atoms with E-state index in [1.165, 1.54) is 17.5 Å². The van der Waals surface area contributed by atoms with Gasteiger partial charge in [0.25, 0.3) is 0 Å². The van der Waals surface area contributed by atoms with Crippen LogP contribution < -0.4 is 10.6 Å². The highest BCUT2D eigenvalue weighted by atomic mass is 127. The van der Waals surface area contributed by atoms with E-state index in [1.54, 1.807) is 7.05 Å². The first-order chi connectivity index (χ1) is 11.6. The molecule has 26 heavy (non-hydrogen) atoms. The number of halogens is 1. The van der Waals surface area contributed by atoms with Crippen molar-refractivity contribution in [1.29, 1.82) is 0 Å². The molecule has 1 aliphatic rings. The number of nitrogens with zero attached hydrogens (tertiary/aromatic N) is 3. The molecule has 1 aromatic rings. The smallest absolute Gasteiger partial charge is 0.191 e. The van der Waals surface area contributed by atoms with E-state index in [0.717, 1.165) is 25.0 Å². The van der Waals surface area contributed by atoms with Gasteiger partial charge in [0.15, 0.2) is 5.96 Å². The topological polar surface area (TPSA) is 88.4 Å². The Balaban J connectivity index is 0.00000338. The standard InChI is InChI=1S/C17H31N5O2S.HI/c1-12(9-15-13(2)21-22(5)14(15)3)20-16(18-4)19-10-17(7-8-17)11-25(6,23)24;/h12H,7-11H2,1-6H3,(H2,18,19,20);1H. The zero-order chi connectivity index (χ0) is 18.8. The Labute approximate surface area is 174 Å². The van der Waals surface area contributed by atoms with Crippen LogP contribution in [0.25, 0.3) is 0 Å². The van der Waals surface area contributed by atoms with Gasteiger partial charge in [-0.1, -0.05) is 0 Å². The molecule has 1 aromatic heterocycles. The van der Waals surface area contributed by atoms with Crippen LogP contribution in [0.5, 0.6) is 0 Å². The lowest BCUT2D eigenvalue weighted by Gasteiger charge is -2.21. The summed E-state index contributed by atoms with van der Waals surface area (Å²) in [5.74, 6) is 0.958. The van der Waals surface area contributed by atoms with Crippen LogP contribution in [-0.2, 0) is 23.3 Å². The molecule has 9 heteroatoms. The number of hydrogen-bond acceptors (Lipinski definition) is 4. The van der Waals surface area contributed by atoms with Crippen molar-refractivity contribution in [2.45, 2.75) is 46.1 Å². The molecule has 1 fully saturated rings. The molecular weight excluding hydrogens is 465 g/mol. The van der Waals surface area contributed by atoms with Crippen LogP contribution in [0.2, 0.25) is 0 Å². The first kappa shape index (κ1) is 23.2. The molecule has 0 bridgehead atoms. The summed E-state index contributed by atoms with van der Waals surface area (Å²) in [7, 11) is 0.740. The molecule has 0 spiro atoms. The summed E-state index contributed by atoms with van der Waals surface area (Å²) in [6.07, 6.45) is 4.07. The van der Waals surface area contributed by atoms with Crippen LogP contribution in [-0.4, -0.2) is 55.8 Å². The molecule has 2 rings (SSSR count). The number of aromatic nitrogens is 2. The molecule has 0 aromatic carbocycles. The van der Waals surface area contributed by atoms with Crippen molar-refractivity contribution in [3.63, 3.8) is 0 Å². The maximum absolute atomic E-state index is 11.6. The molecule has 0 aliphatic heterocycles. The summed E-state index contributed by atoms with van der Waals surface area (Å²) < 4.78 is 25.0. The molecule has 0 radical (unpaired) electrons. The average Bonchev–Trinajstić information content (AvgIpc) is 3.20. The van der Waals surface area contributed by atoms with Crippen molar-refractivity contribution in [2.24, 2.45) is 17.5 Å². The second kappa shape index (κ2) is 8.90. The van der Waals surface area contributed by atoms with E-state index in [1.807, 2.05) is 18.7 Å². The summed E-state index contributed by atoms with van der Waals surface area (Å²) in [6.45, 7) is 6.86. The fourth-order valence-electron chi connectivity index (χ4n) is 3.27. The third kappa shape index (κ3) is 6.40. The van der Waals surface area contributed by atoms with Crippen molar-refractivity contribution < 1.29 is 8.42 Å². The van der Waals surface area contributed by atoms with Crippen LogP contribution in [0.1, 0.15) is 36.7 Å². The van der Waals surface area contributed by atoms with E-state index in [0.29, 0.717) is 12.5 Å². The molecule has 150 valence electrons. The van der Waals surface area contributed by atoms with Crippen LogP contribution >= 0.6 is 24.0 Å². The molecule has 7 nitrogen and oxygen atoms in total. The SMILES string of the molecule is CN=C(NCC1(CS(C)(=O)=O)CC1)NC(C)Cc1c(C)nn(C)c1C.I. The predicted molar refractivity (Wildman–Crippen MR) is 117 cm³/mol. The van der Waals surface area contributed by atoms with Gasteiger partial charge in [-0.2, -0.15) is 5.10 Å².